The molecule has 0 spiro atoms. The largest absolute Gasteiger partial charge is 0.484 e. The summed E-state index contributed by atoms with van der Waals surface area (Å²) in [6, 6.07) is 14.7. The molecule has 2 amide bonds. The van der Waals surface area contributed by atoms with Crippen molar-refractivity contribution in [1.29, 1.82) is 0 Å². The first-order valence-corrected chi connectivity index (χ1v) is 9.21. The van der Waals surface area contributed by atoms with Crippen molar-refractivity contribution >= 4 is 17.5 Å². The van der Waals surface area contributed by atoms with E-state index in [4.69, 9.17) is 4.74 Å². The van der Waals surface area contributed by atoms with Crippen LogP contribution in [0.1, 0.15) is 50.0 Å². The van der Waals surface area contributed by atoms with Crippen LogP contribution in [0.2, 0.25) is 0 Å². The third-order valence-corrected chi connectivity index (χ3v) is 4.07. The van der Waals surface area contributed by atoms with Crippen molar-refractivity contribution in [1.82, 2.24) is 5.32 Å². The van der Waals surface area contributed by atoms with Crippen LogP contribution in [-0.4, -0.2) is 25.0 Å². The van der Waals surface area contributed by atoms with Gasteiger partial charge >= 0.3 is 0 Å². The molecule has 0 aliphatic carbocycles. The molecule has 0 aromatic heterocycles. The average Bonchev–Trinajstić information content (AvgIpc) is 2.64. The summed E-state index contributed by atoms with van der Waals surface area (Å²) >= 11 is 0. The lowest BCUT2D eigenvalue weighted by Gasteiger charge is -2.19. The fourth-order valence-corrected chi connectivity index (χ4v) is 2.51. The van der Waals surface area contributed by atoms with Gasteiger partial charge in [-0.2, -0.15) is 0 Å². The molecule has 0 aliphatic heterocycles. The number of anilines is 1. The van der Waals surface area contributed by atoms with Crippen molar-refractivity contribution in [3.05, 3.63) is 59.7 Å². The lowest BCUT2D eigenvalue weighted by Crippen LogP contribution is -2.27. The molecule has 2 rings (SSSR count). The summed E-state index contributed by atoms with van der Waals surface area (Å²) in [6.07, 6.45) is 0.849. The number of benzene rings is 2. The molecule has 5 nitrogen and oxygen atoms in total. The summed E-state index contributed by atoms with van der Waals surface area (Å²) in [5, 5.41) is 5.56. The molecule has 2 aromatic carbocycles. The predicted octanol–water partition coefficient (Wildman–Crippen LogP) is 4.14. The van der Waals surface area contributed by atoms with Crippen LogP contribution in [0.15, 0.2) is 48.5 Å². The highest BCUT2D eigenvalue weighted by molar-refractivity contribution is 6.04. The lowest BCUT2D eigenvalue weighted by atomic mass is 9.87. The van der Waals surface area contributed by atoms with Crippen molar-refractivity contribution < 1.29 is 14.3 Å². The fraction of sp³-hybridized carbons (Fsp3) is 0.364. The molecule has 5 heteroatoms. The van der Waals surface area contributed by atoms with Gasteiger partial charge in [0.05, 0.1) is 11.3 Å². The van der Waals surface area contributed by atoms with Crippen molar-refractivity contribution in [2.24, 2.45) is 0 Å². The van der Waals surface area contributed by atoms with Gasteiger partial charge in [-0.05, 0) is 41.7 Å². The number of carbonyl (C=O) groups excluding carboxylic acids is 2. The molecule has 0 unspecified atom stereocenters. The Hall–Kier alpha value is -2.82. The highest BCUT2D eigenvalue weighted by atomic mass is 16.5. The Labute approximate surface area is 161 Å². The number of para-hydroxylation sites is 1. The van der Waals surface area contributed by atoms with E-state index in [1.54, 1.807) is 24.3 Å². The molecule has 0 saturated carbocycles. The average molecular weight is 368 g/mol. The first-order valence-electron chi connectivity index (χ1n) is 9.21. The van der Waals surface area contributed by atoms with E-state index in [1.165, 1.54) is 5.56 Å². The number of hydrogen-bond donors (Lipinski definition) is 2. The van der Waals surface area contributed by atoms with E-state index in [1.807, 2.05) is 31.2 Å². The zero-order valence-electron chi connectivity index (χ0n) is 16.5. The van der Waals surface area contributed by atoms with E-state index < -0.39 is 0 Å². The maximum absolute atomic E-state index is 12.2. The Morgan fingerprint density at radius 3 is 2.30 bits per heavy atom. The number of carbonyl (C=O) groups is 2. The van der Waals surface area contributed by atoms with E-state index in [-0.39, 0.29) is 23.8 Å². The minimum absolute atomic E-state index is 0.0674. The van der Waals surface area contributed by atoms with Crippen molar-refractivity contribution in [2.75, 3.05) is 18.5 Å². The molecular weight excluding hydrogens is 340 g/mol. The van der Waals surface area contributed by atoms with Crippen LogP contribution in [0.25, 0.3) is 0 Å². The normalized spacial score (nSPS) is 11.0. The van der Waals surface area contributed by atoms with Gasteiger partial charge in [0, 0.05) is 6.54 Å². The van der Waals surface area contributed by atoms with Gasteiger partial charge < -0.3 is 15.4 Å². The third-order valence-electron chi connectivity index (χ3n) is 4.07. The molecule has 0 fully saturated rings. The minimum Gasteiger partial charge on any atom is -0.484 e. The highest BCUT2D eigenvalue weighted by Crippen LogP contribution is 2.24. The summed E-state index contributed by atoms with van der Waals surface area (Å²) in [5.41, 5.74) is 2.18. The summed E-state index contributed by atoms with van der Waals surface area (Å²) in [5.74, 6) is 0.115. The number of hydrogen-bond acceptors (Lipinski definition) is 3. The van der Waals surface area contributed by atoms with Gasteiger partial charge in [0.15, 0.2) is 6.61 Å². The standard InChI is InChI=1S/C22H28N2O3/c1-5-14-23-21(26)18-8-6-7-9-19(18)24-20(25)15-27-17-12-10-16(11-13-17)22(2,3)4/h6-13H,5,14-15H2,1-4H3,(H,23,26)(H,24,25). The second kappa shape index (κ2) is 9.21. The van der Waals surface area contributed by atoms with E-state index in [0.29, 0.717) is 23.5 Å². The molecule has 0 heterocycles. The van der Waals surface area contributed by atoms with E-state index in [0.717, 1.165) is 6.42 Å². The molecule has 0 atom stereocenters. The summed E-state index contributed by atoms with van der Waals surface area (Å²) in [7, 11) is 0. The van der Waals surface area contributed by atoms with Crippen LogP contribution in [-0.2, 0) is 10.2 Å². The SMILES string of the molecule is CCCNC(=O)c1ccccc1NC(=O)COc1ccc(C(C)(C)C)cc1. The van der Waals surface area contributed by atoms with Gasteiger partial charge in [0.1, 0.15) is 5.75 Å². The van der Waals surface area contributed by atoms with Crippen molar-refractivity contribution in [2.45, 2.75) is 39.5 Å². The molecule has 0 radical (unpaired) electrons. The van der Waals surface area contributed by atoms with E-state index in [9.17, 15) is 9.59 Å². The van der Waals surface area contributed by atoms with Crippen molar-refractivity contribution in [3.63, 3.8) is 0 Å². The van der Waals surface area contributed by atoms with Crippen LogP contribution in [0.5, 0.6) is 5.75 Å². The lowest BCUT2D eigenvalue weighted by molar-refractivity contribution is -0.118. The van der Waals surface area contributed by atoms with Crippen LogP contribution in [0.3, 0.4) is 0 Å². The Morgan fingerprint density at radius 2 is 1.67 bits per heavy atom. The number of rotatable bonds is 7. The Kier molecular flexibility index (Phi) is 6.99. The Morgan fingerprint density at radius 1 is 1.00 bits per heavy atom. The number of ether oxygens (including phenoxy) is 1. The van der Waals surface area contributed by atoms with Gasteiger partial charge in [0.2, 0.25) is 0 Å². The molecular formula is C22H28N2O3. The molecule has 0 aliphatic rings. The Bertz CT molecular complexity index is 777. The molecule has 2 aromatic rings. The molecule has 0 bridgehead atoms. The molecule has 0 saturated heterocycles. The fourth-order valence-electron chi connectivity index (χ4n) is 2.51. The maximum atomic E-state index is 12.2. The monoisotopic (exact) mass is 368 g/mol. The predicted molar refractivity (Wildman–Crippen MR) is 108 cm³/mol. The molecule has 144 valence electrons. The second-order valence-electron chi connectivity index (χ2n) is 7.41. The second-order valence-corrected chi connectivity index (χ2v) is 7.41. The smallest absolute Gasteiger partial charge is 0.262 e. The first-order chi connectivity index (χ1) is 12.8. The maximum Gasteiger partial charge on any atom is 0.262 e. The van der Waals surface area contributed by atoms with E-state index >= 15 is 0 Å². The zero-order valence-corrected chi connectivity index (χ0v) is 16.5. The summed E-state index contributed by atoms with van der Waals surface area (Å²) < 4.78 is 5.56. The van der Waals surface area contributed by atoms with Gasteiger partial charge in [-0.3, -0.25) is 9.59 Å². The van der Waals surface area contributed by atoms with Crippen LogP contribution >= 0.6 is 0 Å². The first kappa shape index (κ1) is 20.5. The van der Waals surface area contributed by atoms with Gasteiger partial charge in [0.25, 0.3) is 11.8 Å². The highest BCUT2D eigenvalue weighted by Gasteiger charge is 2.14. The number of amides is 2. The van der Waals surface area contributed by atoms with Gasteiger partial charge in [-0.15, -0.1) is 0 Å². The van der Waals surface area contributed by atoms with E-state index in [2.05, 4.69) is 31.4 Å². The van der Waals surface area contributed by atoms with Crippen LogP contribution in [0.4, 0.5) is 5.69 Å². The van der Waals surface area contributed by atoms with Crippen LogP contribution < -0.4 is 15.4 Å². The van der Waals surface area contributed by atoms with Gasteiger partial charge in [-0.25, -0.2) is 0 Å². The van der Waals surface area contributed by atoms with Crippen LogP contribution in [0, 0.1) is 0 Å². The molecule has 2 N–H and O–H groups in total. The van der Waals surface area contributed by atoms with Gasteiger partial charge in [-0.1, -0.05) is 52.0 Å². The zero-order chi connectivity index (χ0) is 19.9. The topological polar surface area (TPSA) is 67.4 Å². The van der Waals surface area contributed by atoms with Crippen molar-refractivity contribution in [3.8, 4) is 5.75 Å². The summed E-state index contributed by atoms with van der Waals surface area (Å²) in [4.78, 5) is 24.4. The third kappa shape index (κ3) is 6.13. The Balaban J connectivity index is 1.95. The quantitative estimate of drug-likeness (QED) is 0.772. The molecule has 27 heavy (non-hydrogen) atoms. The minimum atomic E-state index is -0.314. The summed E-state index contributed by atoms with van der Waals surface area (Å²) in [6.45, 7) is 8.88. The number of nitrogens with one attached hydrogen (secondary N) is 2.